The third-order valence-electron chi connectivity index (χ3n) is 1.53. The van der Waals surface area contributed by atoms with Gasteiger partial charge in [-0.1, -0.05) is 0 Å². The van der Waals surface area contributed by atoms with Crippen LogP contribution in [0, 0.1) is 0 Å². The molecule has 2 aromatic rings. The van der Waals surface area contributed by atoms with Crippen LogP contribution in [0.4, 0.5) is 5.82 Å². The van der Waals surface area contributed by atoms with E-state index in [1.54, 1.807) is 0 Å². The van der Waals surface area contributed by atoms with Crippen molar-refractivity contribution in [1.29, 1.82) is 0 Å². The van der Waals surface area contributed by atoms with Crippen molar-refractivity contribution in [1.82, 2.24) is 19.5 Å². The summed E-state index contributed by atoms with van der Waals surface area (Å²) >= 11 is 0. The van der Waals surface area contributed by atoms with Crippen LogP contribution in [0.15, 0.2) is 12.7 Å². The van der Waals surface area contributed by atoms with Gasteiger partial charge in [0.2, 0.25) is 0 Å². The number of aromatic nitrogens is 4. The van der Waals surface area contributed by atoms with Crippen LogP contribution in [0.2, 0.25) is 0 Å². The molecule has 2 rings (SSSR count). The number of nitrogens with two attached hydrogens (primary N) is 1. The number of hydrogen-bond acceptors (Lipinski definition) is 5. The molecule has 0 bridgehead atoms. The summed E-state index contributed by atoms with van der Waals surface area (Å²) in [5.74, 6) is 0.0584. The quantitative estimate of drug-likeness (QED) is 0.649. The van der Waals surface area contributed by atoms with Gasteiger partial charge < -0.3 is 15.4 Å². The van der Waals surface area contributed by atoms with Gasteiger partial charge in [0.05, 0.1) is 18.4 Å². The number of nitrogens with zero attached hydrogens (tertiary/aromatic N) is 4. The van der Waals surface area contributed by atoms with Gasteiger partial charge in [-0.3, -0.25) is 0 Å². The Labute approximate surface area is 79.7 Å². The fraction of sp³-hybridized carbons (Fsp3) is 0.286. The highest BCUT2D eigenvalue weighted by Crippen LogP contribution is 2.13. The van der Waals surface area contributed by atoms with Crippen molar-refractivity contribution in [3.8, 4) is 0 Å². The molecular weight excluding hydrogens is 170 g/mol. The maximum absolute atomic E-state index is 9.18. The lowest BCUT2D eigenvalue weighted by molar-refractivity contribution is 0.277. The summed E-state index contributed by atoms with van der Waals surface area (Å²) < 4.78 is 30.0. The molecule has 13 heavy (non-hydrogen) atoms. The minimum absolute atomic E-state index is 0.0143. The first-order chi connectivity index (χ1) is 7.75. The van der Waals surface area contributed by atoms with Gasteiger partial charge in [-0.2, -0.15) is 0 Å². The van der Waals surface area contributed by atoms with Gasteiger partial charge in [-0.25, -0.2) is 15.0 Å². The van der Waals surface area contributed by atoms with E-state index in [1.165, 1.54) is 0 Å². The Bertz CT molecular complexity index is 563. The Morgan fingerprint density at radius 1 is 1.54 bits per heavy atom. The van der Waals surface area contributed by atoms with E-state index < -0.39 is 13.1 Å². The fourth-order valence-electron chi connectivity index (χ4n) is 0.989. The number of rotatable bonds is 2. The van der Waals surface area contributed by atoms with Crippen molar-refractivity contribution in [3.05, 3.63) is 12.7 Å². The minimum atomic E-state index is -3.08. The Morgan fingerprint density at radius 2 is 2.38 bits per heavy atom. The lowest BCUT2D eigenvalue weighted by atomic mass is 10.5. The topological polar surface area (TPSA) is 89.8 Å². The molecular formula is C7H9N5O. The van der Waals surface area contributed by atoms with Crippen LogP contribution in [0.5, 0.6) is 0 Å². The van der Waals surface area contributed by atoms with Gasteiger partial charge >= 0.3 is 0 Å². The summed E-state index contributed by atoms with van der Waals surface area (Å²) in [5, 5.41) is 9.18. The molecule has 6 heteroatoms. The standard InChI is InChI=1S/C7H9N5O/c8-6-5-7(10-3-9-6)12(1-2-13)4-11-5/h3-4,13H,1-2H2,(H2,8,9,10)/i1D2,2D2. The van der Waals surface area contributed by atoms with Crippen molar-refractivity contribution in [2.75, 3.05) is 12.3 Å². The summed E-state index contributed by atoms with van der Waals surface area (Å²) in [6.45, 7) is -5.80. The summed E-state index contributed by atoms with van der Waals surface area (Å²) in [5.41, 5.74) is 5.68. The molecule has 2 heterocycles. The average Bonchev–Trinajstić information content (AvgIpc) is 2.61. The maximum atomic E-state index is 9.18. The van der Waals surface area contributed by atoms with E-state index in [4.69, 9.17) is 11.2 Å². The zero-order valence-corrected chi connectivity index (χ0v) is 6.47. The highest BCUT2D eigenvalue weighted by molar-refractivity contribution is 5.80. The lowest BCUT2D eigenvalue weighted by Crippen LogP contribution is -2.02. The Balaban J connectivity index is 2.69. The molecule has 0 spiro atoms. The molecule has 0 radical (unpaired) electrons. The van der Waals surface area contributed by atoms with E-state index in [9.17, 15) is 5.11 Å². The fourth-order valence-corrected chi connectivity index (χ4v) is 0.989. The predicted molar refractivity (Wildman–Crippen MR) is 46.8 cm³/mol. The SMILES string of the molecule is [2H]C([2H])(O)C([2H])([2H])n1cnc2c(N)ncnc21. The summed E-state index contributed by atoms with van der Waals surface area (Å²) in [6.07, 6.45) is 2.13. The molecule has 3 N–H and O–H groups in total. The van der Waals surface area contributed by atoms with E-state index in [2.05, 4.69) is 15.0 Å². The Hall–Kier alpha value is -1.69. The summed E-state index contributed by atoms with van der Waals surface area (Å²) in [7, 11) is 0. The number of imidazole rings is 1. The van der Waals surface area contributed by atoms with Crippen LogP contribution < -0.4 is 5.73 Å². The van der Waals surface area contributed by atoms with Gasteiger partial charge in [0.25, 0.3) is 0 Å². The monoisotopic (exact) mass is 183 g/mol. The maximum Gasteiger partial charge on any atom is 0.165 e. The van der Waals surface area contributed by atoms with Crippen LogP contribution in [0.25, 0.3) is 11.2 Å². The molecule has 0 saturated heterocycles. The normalized spacial score (nSPS) is 17.6. The minimum Gasteiger partial charge on any atom is -0.395 e. The van der Waals surface area contributed by atoms with E-state index in [-0.39, 0.29) is 17.0 Å². The molecule has 0 atom stereocenters. The largest absolute Gasteiger partial charge is 0.395 e. The summed E-state index contributed by atoms with van der Waals surface area (Å²) in [4.78, 5) is 11.2. The molecule has 2 aromatic heterocycles. The second-order valence-electron chi connectivity index (χ2n) is 2.27. The van der Waals surface area contributed by atoms with Gasteiger partial charge in [-0.15, -0.1) is 0 Å². The summed E-state index contributed by atoms with van der Waals surface area (Å²) in [6, 6.07) is 0. The number of nitrogen functional groups attached to an aromatic ring is 1. The third-order valence-corrected chi connectivity index (χ3v) is 1.53. The molecule has 0 amide bonds. The van der Waals surface area contributed by atoms with Gasteiger partial charge in [0.15, 0.2) is 11.5 Å². The van der Waals surface area contributed by atoms with Crippen LogP contribution in [0.1, 0.15) is 5.48 Å². The average molecular weight is 183 g/mol. The van der Waals surface area contributed by atoms with Crippen molar-refractivity contribution in [2.45, 2.75) is 6.50 Å². The van der Waals surface area contributed by atoms with Crippen LogP contribution >= 0.6 is 0 Å². The molecule has 0 aliphatic carbocycles. The molecule has 0 aliphatic rings. The van der Waals surface area contributed by atoms with Gasteiger partial charge in [0, 0.05) is 6.50 Å². The smallest absolute Gasteiger partial charge is 0.165 e. The second-order valence-corrected chi connectivity index (χ2v) is 2.27. The molecule has 6 nitrogen and oxygen atoms in total. The van der Waals surface area contributed by atoms with Crippen LogP contribution in [-0.2, 0) is 6.50 Å². The first-order valence-electron chi connectivity index (χ1n) is 5.41. The first kappa shape index (κ1) is 4.52. The van der Waals surface area contributed by atoms with Crippen LogP contribution in [-0.4, -0.2) is 31.2 Å². The van der Waals surface area contributed by atoms with E-state index >= 15 is 0 Å². The molecule has 68 valence electrons. The second kappa shape index (κ2) is 2.98. The number of fused-ring (bicyclic) bond motifs is 1. The Kier molecular flexibility index (Phi) is 1.04. The molecule has 0 fully saturated rings. The number of aryl methyl sites for hydroxylation is 1. The zero-order valence-electron chi connectivity index (χ0n) is 10.5. The van der Waals surface area contributed by atoms with E-state index in [0.29, 0.717) is 0 Å². The predicted octanol–water partition coefficient (Wildman–Crippen LogP) is -0.599. The van der Waals surface area contributed by atoms with Crippen molar-refractivity contribution in [3.63, 3.8) is 0 Å². The highest BCUT2D eigenvalue weighted by atomic mass is 16.3. The molecule has 0 saturated carbocycles. The molecule has 0 unspecified atom stereocenters. The molecule has 0 aromatic carbocycles. The zero-order chi connectivity index (χ0) is 12.8. The van der Waals surface area contributed by atoms with E-state index in [1.807, 2.05) is 0 Å². The van der Waals surface area contributed by atoms with Crippen molar-refractivity contribution >= 4 is 17.0 Å². The number of aliphatic hydroxyl groups is 1. The van der Waals surface area contributed by atoms with Gasteiger partial charge in [-0.05, 0) is 0 Å². The van der Waals surface area contributed by atoms with E-state index in [0.717, 1.165) is 17.2 Å². The van der Waals surface area contributed by atoms with Crippen LogP contribution in [0.3, 0.4) is 0 Å². The van der Waals surface area contributed by atoms with Gasteiger partial charge in [0.1, 0.15) is 11.8 Å². The number of anilines is 1. The highest BCUT2D eigenvalue weighted by Gasteiger charge is 2.06. The Morgan fingerprint density at radius 3 is 3.15 bits per heavy atom. The van der Waals surface area contributed by atoms with Crippen molar-refractivity contribution in [2.24, 2.45) is 0 Å². The third kappa shape index (κ3) is 1.20. The molecule has 0 aliphatic heterocycles. The first-order valence-corrected chi connectivity index (χ1v) is 3.41. The lowest BCUT2D eigenvalue weighted by Gasteiger charge is -1.98. The number of hydrogen-bond donors (Lipinski definition) is 2. The van der Waals surface area contributed by atoms with Crippen molar-refractivity contribution < 1.29 is 10.6 Å².